The molecule has 2 aromatic rings. The van der Waals surface area contributed by atoms with Crippen LogP contribution in [0.3, 0.4) is 0 Å². The zero-order valence-corrected chi connectivity index (χ0v) is 32.3. The number of carbonyl (C=O) groups is 4. The predicted octanol–water partition coefficient (Wildman–Crippen LogP) is 8.74. The van der Waals surface area contributed by atoms with Crippen LogP contribution in [0, 0.1) is 11.8 Å². The van der Waals surface area contributed by atoms with Gasteiger partial charge in [0, 0.05) is 0 Å². The lowest BCUT2D eigenvalue weighted by Gasteiger charge is -2.25. The van der Waals surface area contributed by atoms with E-state index in [0.717, 1.165) is 57.8 Å². The Morgan fingerprint density at radius 1 is 0.500 bits per heavy atom. The number of nitrogens with one attached hydrogen (secondary N) is 4. The minimum Gasteiger partial charge on any atom is -0.507 e. The molecule has 2 unspecified atom stereocenters. The quantitative estimate of drug-likeness (QED) is 0.0445. The fraction of sp³-hybridized carbons (Fsp3) is 0.619. The van der Waals surface area contributed by atoms with Crippen LogP contribution in [-0.4, -0.2) is 33.8 Å². The lowest BCUT2D eigenvalue weighted by atomic mass is 9.84. The van der Waals surface area contributed by atoms with E-state index in [1.165, 1.54) is 50.7 Å². The molecule has 0 saturated heterocycles. The summed E-state index contributed by atoms with van der Waals surface area (Å²) in [6.45, 7) is 8.24. The van der Waals surface area contributed by atoms with E-state index in [4.69, 9.17) is 0 Å². The van der Waals surface area contributed by atoms with Gasteiger partial charge in [0.05, 0.1) is 23.0 Å². The zero-order valence-electron chi connectivity index (χ0n) is 32.3. The number of aryl methyl sites for hydroxylation is 2. The van der Waals surface area contributed by atoms with Crippen molar-refractivity contribution in [1.29, 1.82) is 0 Å². The topological polar surface area (TPSA) is 157 Å². The van der Waals surface area contributed by atoms with Crippen molar-refractivity contribution >= 4 is 23.6 Å². The maximum absolute atomic E-state index is 13.7. The van der Waals surface area contributed by atoms with Crippen LogP contribution in [0.5, 0.6) is 11.5 Å². The summed E-state index contributed by atoms with van der Waals surface area (Å²) in [6.07, 6.45) is 18.7. The smallest absolute Gasteiger partial charge is 0.273 e. The van der Waals surface area contributed by atoms with Crippen LogP contribution in [0.4, 0.5) is 0 Å². The van der Waals surface area contributed by atoms with Crippen molar-refractivity contribution in [2.75, 3.05) is 0 Å². The third kappa shape index (κ3) is 15.3. The third-order valence-electron chi connectivity index (χ3n) is 9.88. The first-order valence-corrected chi connectivity index (χ1v) is 20.0. The number of rotatable bonds is 25. The van der Waals surface area contributed by atoms with Crippen LogP contribution < -0.4 is 21.7 Å². The Labute approximate surface area is 312 Å². The van der Waals surface area contributed by atoms with E-state index < -0.39 is 35.5 Å². The third-order valence-corrected chi connectivity index (χ3v) is 9.88. The summed E-state index contributed by atoms with van der Waals surface area (Å²) in [7, 11) is 0. The summed E-state index contributed by atoms with van der Waals surface area (Å²) in [6, 6.07) is 9.96. The predicted molar refractivity (Wildman–Crippen MR) is 208 cm³/mol. The summed E-state index contributed by atoms with van der Waals surface area (Å²) < 4.78 is 0. The molecule has 0 spiro atoms. The van der Waals surface area contributed by atoms with Gasteiger partial charge in [-0.1, -0.05) is 142 Å². The second-order valence-electron chi connectivity index (χ2n) is 14.0. The first kappa shape index (κ1) is 44.1. The standard InChI is InChI=1S/C42H66N4O6/c1-5-9-12-15-17-19-24-31-26-22-29-35(47)37(31)41(51)45-43-39(49)33(8-4)34(28-21-14-11-7-3)40(50)44-46-42(52)38-32(27-23-30-36(38)48)25-20-18-16-13-10-6-2/h22-23,26-27,29-30,33-34,47-48H,5-21,24-25,28H2,1-4H3,(H,43,49)(H,44,50)(H,45,51)(H,46,52). The van der Waals surface area contributed by atoms with Gasteiger partial charge in [-0.15, -0.1) is 0 Å². The zero-order chi connectivity index (χ0) is 38.1. The van der Waals surface area contributed by atoms with Gasteiger partial charge in [0.25, 0.3) is 11.8 Å². The van der Waals surface area contributed by atoms with Crippen LogP contribution in [0.15, 0.2) is 36.4 Å². The SMILES string of the molecule is CCCCCCCCc1cccc(O)c1C(=O)NNC(=O)C(CC)C(CCCCCC)C(=O)NNC(=O)c1c(O)cccc1CCCCCCCC. The number of amides is 4. The first-order chi connectivity index (χ1) is 25.2. The Kier molecular flexibility index (Phi) is 21.9. The van der Waals surface area contributed by atoms with E-state index in [1.54, 1.807) is 19.1 Å². The lowest BCUT2D eigenvalue weighted by molar-refractivity contribution is -0.136. The van der Waals surface area contributed by atoms with E-state index in [9.17, 15) is 29.4 Å². The average Bonchev–Trinajstić information content (AvgIpc) is 3.13. The van der Waals surface area contributed by atoms with Crippen molar-refractivity contribution in [3.8, 4) is 11.5 Å². The molecule has 10 heteroatoms. The van der Waals surface area contributed by atoms with E-state index >= 15 is 0 Å². The van der Waals surface area contributed by atoms with Gasteiger partial charge in [0.2, 0.25) is 11.8 Å². The van der Waals surface area contributed by atoms with Crippen molar-refractivity contribution in [2.45, 2.75) is 156 Å². The van der Waals surface area contributed by atoms with Crippen molar-refractivity contribution in [1.82, 2.24) is 21.7 Å². The fourth-order valence-corrected chi connectivity index (χ4v) is 6.81. The molecule has 0 aromatic heterocycles. The summed E-state index contributed by atoms with van der Waals surface area (Å²) >= 11 is 0. The highest BCUT2D eigenvalue weighted by Gasteiger charge is 2.33. The summed E-state index contributed by atoms with van der Waals surface area (Å²) in [5.41, 5.74) is 11.7. The van der Waals surface area contributed by atoms with Crippen molar-refractivity contribution in [2.24, 2.45) is 11.8 Å². The Morgan fingerprint density at radius 3 is 1.31 bits per heavy atom. The molecule has 10 nitrogen and oxygen atoms in total. The maximum Gasteiger partial charge on any atom is 0.273 e. The molecule has 0 radical (unpaired) electrons. The number of aromatic hydroxyl groups is 2. The molecule has 0 heterocycles. The number of phenols is 2. The minimum atomic E-state index is -0.806. The van der Waals surface area contributed by atoms with Gasteiger partial charge in [-0.3, -0.25) is 40.9 Å². The second kappa shape index (κ2) is 25.8. The summed E-state index contributed by atoms with van der Waals surface area (Å²) in [4.78, 5) is 53.8. The molecule has 2 rings (SSSR count). The molecule has 2 aromatic carbocycles. The molecule has 0 fully saturated rings. The monoisotopic (exact) mass is 722 g/mol. The molecule has 4 amide bonds. The second-order valence-corrected chi connectivity index (χ2v) is 14.0. The van der Waals surface area contributed by atoms with Gasteiger partial charge < -0.3 is 10.2 Å². The fourth-order valence-electron chi connectivity index (χ4n) is 6.81. The maximum atomic E-state index is 13.7. The largest absolute Gasteiger partial charge is 0.507 e. The van der Waals surface area contributed by atoms with Crippen LogP contribution >= 0.6 is 0 Å². The van der Waals surface area contributed by atoms with Gasteiger partial charge in [0.15, 0.2) is 0 Å². The highest BCUT2D eigenvalue weighted by Crippen LogP contribution is 2.26. The molecule has 52 heavy (non-hydrogen) atoms. The number of carbonyl (C=O) groups excluding carboxylic acids is 4. The Balaban J connectivity index is 2.10. The summed E-state index contributed by atoms with van der Waals surface area (Å²) in [5.74, 6) is -4.23. The number of unbranched alkanes of at least 4 members (excludes halogenated alkanes) is 13. The van der Waals surface area contributed by atoms with Gasteiger partial charge in [-0.25, -0.2) is 0 Å². The van der Waals surface area contributed by atoms with Gasteiger partial charge in [-0.05, 0) is 61.8 Å². The number of phenolic OH excluding ortho intramolecular Hbond substituents is 2. The molecule has 0 bridgehead atoms. The van der Waals surface area contributed by atoms with Gasteiger partial charge >= 0.3 is 0 Å². The van der Waals surface area contributed by atoms with Crippen LogP contribution in [0.1, 0.15) is 175 Å². The molecule has 0 aliphatic heterocycles. The average molecular weight is 723 g/mol. The molecule has 6 N–H and O–H groups in total. The van der Waals surface area contributed by atoms with Crippen molar-refractivity contribution < 1.29 is 29.4 Å². The molecular formula is C42H66N4O6. The van der Waals surface area contributed by atoms with Crippen molar-refractivity contribution in [3.05, 3.63) is 58.7 Å². The van der Waals surface area contributed by atoms with E-state index in [1.807, 2.05) is 12.1 Å². The Morgan fingerprint density at radius 2 is 0.885 bits per heavy atom. The number of benzene rings is 2. The van der Waals surface area contributed by atoms with E-state index in [2.05, 4.69) is 42.5 Å². The van der Waals surface area contributed by atoms with Crippen LogP contribution in [0.2, 0.25) is 0 Å². The Bertz CT molecular complexity index is 1380. The highest BCUT2D eigenvalue weighted by molar-refractivity contribution is 6.00. The molecule has 0 aliphatic rings. The molecule has 0 saturated carbocycles. The van der Waals surface area contributed by atoms with E-state index in [-0.39, 0.29) is 22.6 Å². The van der Waals surface area contributed by atoms with Crippen molar-refractivity contribution in [3.63, 3.8) is 0 Å². The highest BCUT2D eigenvalue weighted by atomic mass is 16.3. The summed E-state index contributed by atoms with van der Waals surface area (Å²) in [5, 5.41) is 21.2. The van der Waals surface area contributed by atoms with Gasteiger partial charge in [-0.2, -0.15) is 0 Å². The number of hydrogen-bond acceptors (Lipinski definition) is 6. The molecular weight excluding hydrogens is 656 g/mol. The van der Waals surface area contributed by atoms with Gasteiger partial charge in [0.1, 0.15) is 11.5 Å². The van der Waals surface area contributed by atoms with Crippen LogP contribution in [-0.2, 0) is 22.4 Å². The molecule has 290 valence electrons. The van der Waals surface area contributed by atoms with E-state index in [0.29, 0.717) is 43.2 Å². The number of hydrogen-bond donors (Lipinski definition) is 6. The number of hydrazine groups is 2. The Hall–Kier alpha value is -4.08. The van der Waals surface area contributed by atoms with Crippen LogP contribution in [0.25, 0.3) is 0 Å². The first-order valence-electron chi connectivity index (χ1n) is 20.0. The normalized spacial score (nSPS) is 12.2. The lowest BCUT2D eigenvalue weighted by Crippen LogP contribution is -2.51. The molecule has 0 aliphatic carbocycles. The molecule has 2 atom stereocenters. The minimum absolute atomic E-state index is 0.126.